The van der Waals surface area contributed by atoms with Gasteiger partial charge in [-0.05, 0) is 27.1 Å². The molecule has 0 saturated carbocycles. The van der Waals surface area contributed by atoms with E-state index in [1.54, 1.807) is 0 Å². The lowest BCUT2D eigenvalue weighted by Gasteiger charge is -2.31. The van der Waals surface area contributed by atoms with Gasteiger partial charge in [0.25, 0.3) is 0 Å². The molecule has 1 rings (SSSR count). The highest BCUT2D eigenvalue weighted by Crippen LogP contribution is 1.99. The Balaban J connectivity index is 2.25. The van der Waals surface area contributed by atoms with Gasteiger partial charge in [0.15, 0.2) is 0 Å². The molecule has 1 aliphatic rings. The summed E-state index contributed by atoms with van der Waals surface area (Å²) in [6.45, 7) is 9.55. The third-order valence-corrected chi connectivity index (χ3v) is 2.88. The van der Waals surface area contributed by atoms with Crippen LogP contribution in [0.15, 0.2) is 0 Å². The predicted molar refractivity (Wildman–Crippen MR) is 67.9 cm³/mol. The number of likely N-dealkylation sites (N-methyl/N-ethyl adjacent to an activating group) is 1. The van der Waals surface area contributed by atoms with E-state index >= 15 is 0 Å². The Morgan fingerprint density at radius 1 is 1.25 bits per heavy atom. The van der Waals surface area contributed by atoms with Crippen molar-refractivity contribution in [1.29, 1.82) is 0 Å². The minimum Gasteiger partial charge on any atom is -0.378 e. The number of nitrogens with zero attached hydrogens (tertiary/aromatic N) is 2. The molecule has 1 heterocycles. The third-order valence-electron chi connectivity index (χ3n) is 2.88. The molecular weight excluding hydrogens is 202 g/mol. The molecule has 1 saturated heterocycles. The lowest BCUT2D eigenvalue weighted by atomic mass is 10.2. The minimum atomic E-state index is 0.516. The molecule has 96 valence electrons. The summed E-state index contributed by atoms with van der Waals surface area (Å²) in [5.41, 5.74) is 0. The minimum absolute atomic E-state index is 0.516. The van der Waals surface area contributed by atoms with Gasteiger partial charge in [0.1, 0.15) is 0 Å². The molecule has 1 fully saturated rings. The van der Waals surface area contributed by atoms with Crippen molar-refractivity contribution in [2.24, 2.45) is 0 Å². The van der Waals surface area contributed by atoms with Gasteiger partial charge in [0.2, 0.25) is 0 Å². The Morgan fingerprint density at radius 2 is 2.06 bits per heavy atom. The molecule has 0 radical (unpaired) electrons. The van der Waals surface area contributed by atoms with E-state index in [4.69, 9.17) is 4.74 Å². The van der Waals surface area contributed by atoms with E-state index in [1.165, 1.54) is 13.0 Å². The molecule has 4 heteroatoms. The van der Waals surface area contributed by atoms with Gasteiger partial charge in [0.05, 0.1) is 13.2 Å². The molecule has 1 N–H and O–H groups in total. The van der Waals surface area contributed by atoms with Crippen molar-refractivity contribution in [2.45, 2.75) is 19.4 Å². The van der Waals surface area contributed by atoms with Gasteiger partial charge >= 0.3 is 0 Å². The van der Waals surface area contributed by atoms with Crippen LogP contribution in [-0.4, -0.2) is 75.9 Å². The van der Waals surface area contributed by atoms with Crippen molar-refractivity contribution in [1.82, 2.24) is 15.1 Å². The topological polar surface area (TPSA) is 27.7 Å². The second-order valence-electron chi connectivity index (χ2n) is 4.83. The summed E-state index contributed by atoms with van der Waals surface area (Å²) in [7, 11) is 4.26. The van der Waals surface area contributed by atoms with Crippen LogP contribution < -0.4 is 5.32 Å². The number of hydrogen-bond donors (Lipinski definition) is 1. The highest BCUT2D eigenvalue weighted by atomic mass is 16.5. The molecule has 1 atom stereocenters. The van der Waals surface area contributed by atoms with E-state index in [9.17, 15) is 0 Å². The molecule has 0 aromatic rings. The number of ether oxygens (including phenoxy) is 1. The normalized spacial score (nSPS) is 21.9. The molecule has 4 nitrogen and oxygen atoms in total. The molecule has 0 aliphatic carbocycles. The van der Waals surface area contributed by atoms with Crippen molar-refractivity contribution < 1.29 is 4.74 Å². The number of hydrogen-bond acceptors (Lipinski definition) is 4. The van der Waals surface area contributed by atoms with Crippen LogP contribution in [0.5, 0.6) is 0 Å². The quantitative estimate of drug-likeness (QED) is 0.677. The third kappa shape index (κ3) is 5.80. The summed E-state index contributed by atoms with van der Waals surface area (Å²) in [5.74, 6) is 0. The molecule has 0 aromatic carbocycles. The van der Waals surface area contributed by atoms with Gasteiger partial charge in [-0.15, -0.1) is 0 Å². The van der Waals surface area contributed by atoms with Gasteiger partial charge in [-0.3, -0.25) is 0 Å². The summed E-state index contributed by atoms with van der Waals surface area (Å²) >= 11 is 0. The summed E-state index contributed by atoms with van der Waals surface area (Å²) < 4.78 is 5.49. The van der Waals surface area contributed by atoms with Crippen molar-refractivity contribution in [3.05, 3.63) is 0 Å². The van der Waals surface area contributed by atoms with E-state index in [-0.39, 0.29) is 0 Å². The molecule has 0 bridgehead atoms. The maximum atomic E-state index is 5.49. The smallest absolute Gasteiger partial charge is 0.0632 e. The zero-order valence-corrected chi connectivity index (χ0v) is 11.0. The fraction of sp³-hybridized carbons (Fsp3) is 1.00. The SMILES string of the molecule is CCCN(CCN(C)C)CC1COCCN1. The largest absolute Gasteiger partial charge is 0.378 e. The zero-order chi connectivity index (χ0) is 11.8. The Morgan fingerprint density at radius 3 is 2.62 bits per heavy atom. The summed E-state index contributed by atoms with van der Waals surface area (Å²) in [6, 6.07) is 0.516. The van der Waals surface area contributed by atoms with Crippen LogP contribution in [0, 0.1) is 0 Å². The first-order valence-corrected chi connectivity index (χ1v) is 6.40. The molecule has 16 heavy (non-hydrogen) atoms. The van der Waals surface area contributed by atoms with Gasteiger partial charge in [-0.25, -0.2) is 0 Å². The standard InChI is InChI=1S/C12H27N3O/c1-4-6-15(8-7-14(2)3)10-12-11-16-9-5-13-12/h12-13H,4-11H2,1-3H3. The van der Waals surface area contributed by atoms with Crippen LogP contribution in [0.3, 0.4) is 0 Å². The molecule has 1 unspecified atom stereocenters. The Hall–Kier alpha value is -0.160. The van der Waals surface area contributed by atoms with Crippen LogP contribution >= 0.6 is 0 Å². The average molecular weight is 229 g/mol. The first-order chi connectivity index (χ1) is 7.72. The lowest BCUT2D eigenvalue weighted by molar-refractivity contribution is 0.0609. The molecule has 1 aliphatic heterocycles. The van der Waals surface area contributed by atoms with Crippen LogP contribution in [0.2, 0.25) is 0 Å². The maximum Gasteiger partial charge on any atom is 0.0632 e. The van der Waals surface area contributed by atoms with E-state index in [1.807, 2.05) is 0 Å². The average Bonchev–Trinajstić information content (AvgIpc) is 2.27. The van der Waals surface area contributed by atoms with Crippen molar-refractivity contribution in [2.75, 3.05) is 60.0 Å². The second kappa shape index (κ2) is 8.01. The number of morpholine rings is 1. The zero-order valence-electron chi connectivity index (χ0n) is 11.0. The van der Waals surface area contributed by atoms with Gasteiger partial charge in [-0.1, -0.05) is 6.92 Å². The van der Waals surface area contributed by atoms with Crippen molar-refractivity contribution in [3.8, 4) is 0 Å². The van der Waals surface area contributed by atoms with E-state index in [0.717, 1.165) is 39.4 Å². The monoisotopic (exact) mass is 229 g/mol. The molecular formula is C12H27N3O. The Kier molecular flexibility index (Phi) is 6.96. The maximum absolute atomic E-state index is 5.49. The highest BCUT2D eigenvalue weighted by molar-refractivity contribution is 4.75. The summed E-state index contributed by atoms with van der Waals surface area (Å²) in [4.78, 5) is 4.78. The van der Waals surface area contributed by atoms with E-state index in [0.29, 0.717) is 6.04 Å². The first-order valence-electron chi connectivity index (χ1n) is 6.40. The first kappa shape index (κ1) is 13.9. The van der Waals surface area contributed by atoms with Crippen molar-refractivity contribution in [3.63, 3.8) is 0 Å². The second-order valence-corrected chi connectivity index (χ2v) is 4.83. The Bertz CT molecular complexity index is 170. The number of nitrogens with one attached hydrogen (secondary N) is 1. The lowest BCUT2D eigenvalue weighted by Crippen LogP contribution is -2.49. The summed E-state index contributed by atoms with van der Waals surface area (Å²) in [6.07, 6.45) is 1.22. The summed E-state index contributed by atoms with van der Waals surface area (Å²) in [5, 5.41) is 3.52. The van der Waals surface area contributed by atoms with Crippen LogP contribution in [-0.2, 0) is 4.74 Å². The van der Waals surface area contributed by atoms with E-state index in [2.05, 4.69) is 36.1 Å². The fourth-order valence-corrected chi connectivity index (χ4v) is 2.00. The number of rotatable bonds is 7. The van der Waals surface area contributed by atoms with E-state index < -0.39 is 0 Å². The predicted octanol–water partition coefficient (Wildman–Crippen LogP) is 0.248. The fourth-order valence-electron chi connectivity index (χ4n) is 2.00. The van der Waals surface area contributed by atoms with Gasteiger partial charge < -0.3 is 19.9 Å². The van der Waals surface area contributed by atoms with Gasteiger partial charge in [-0.2, -0.15) is 0 Å². The highest BCUT2D eigenvalue weighted by Gasteiger charge is 2.16. The molecule has 0 amide bonds. The van der Waals surface area contributed by atoms with Crippen molar-refractivity contribution >= 4 is 0 Å². The molecule has 0 spiro atoms. The van der Waals surface area contributed by atoms with Crippen LogP contribution in [0.1, 0.15) is 13.3 Å². The van der Waals surface area contributed by atoms with Crippen LogP contribution in [0.4, 0.5) is 0 Å². The molecule has 0 aromatic heterocycles. The van der Waals surface area contributed by atoms with Crippen LogP contribution in [0.25, 0.3) is 0 Å². The van der Waals surface area contributed by atoms with Gasteiger partial charge in [0, 0.05) is 32.2 Å². The Labute approximate surface area is 99.9 Å².